The highest BCUT2D eigenvalue weighted by atomic mass is 32.2. The minimum absolute atomic E-state index is 0.196. The quantitative estimate of drug-likeness (QED) is 0.945. The summed E-state index contributed by atoms with van der Waals surface area (Å²) in [6.07, 6.45) is 1.67. The van der Waals surface area contributed by atoms with E-state index in [1.807, 2.05) is 52.0 Å². The molecule has 0 atom stereocenters. The summed E-state index contributed by atoms with van der Waals surface area (Å²) in [5, 5.41) is 0. The summed E-state index contributed by atoms with van der Waals surface area (Å²) >= 11 is 0. The van der Waals surface area contributed by atoms with E-state index in [4.69, 9.17) is 0 Å². The molecular weight excluding hydrogens is 284 g/mol. The minimum Gasteiger partial charge on any atom is -0.260 e. The van der Waals surface area contributed by atoms with Crippen molar-refractivity contribution in [3.8, 4) is 0 Å². The number of benzene rings is 1. The molecule has 0 spiro atoms. The topological polar surface area (TPSA) is 59.1 Å². The van der Waals surface area contributed by atoms with Crippen molar-refractivity contribution in [3.05, 3.63) is 58.4 Å². The van der Waals surface area contributed by atoms with E-state index in [0.29, 0.717) is 4.90 Å². The zero-order chi connectivity index (χ0) is 15.6. The molecule has 1 aromatic carbocycles. The van der Waals surface area contributed by atoms with Crippen molar-refractivity contribution >= 4 is 10.0 Å². The monoisotopic (exact) mass is 304 g/mol. The van der Waals surface area contributed by atoms with Gasteiger partial charge in [-0.05, 0) is 50.5 Å². The van der Waals surface area contributed by atoms with E-state index >= 15 is 0 Å². The lowest BCUT2D eigenvalue weighted by molar-refractivity contribution is 0.579. The van der Waals surface area contributed by atoms with Crippen molar-refractivity contribution in [1.82, 2.24) is 9.71 Å². The number of sulfonamides is 1. The first kappa shape index (κ1) is 15.7. The Kier molecular flexibility index (Phi) is 4.44. The van der Waals surface area contributed by atoms with Crippen LogP contribution in [0.3, 0.4) is 0 Å². The summed E-state index contributed by atoms with van der Waals surface area (Å²) in [5.74, 6) is 0. The van der Waals surface area contributed by atoms with Gasteiger partial charge in [0.15, 0.2) is 0 Å². The average Bonchev–Trinajstić information content (AvgIpc) is 2.36. The van der Waals surface area contributed by atoms with Gasteiger partial charge in [0.1, 0.15) is 0 Å². The highest BCUT2D eigenvalue weighted by Gasteiger charge is 2.19. The van der Waals surface area contributed by atoms with Gasteiger partial charge in [-0.3, -0.25) is 4.98 Å². The third-order valence-corrected chi connectivity index (χ3v) is 5.13. The van der Waals surface area contributed by atoms with Crippen molar-refractivity contribution in [2.24, 2.45) is 0 Å². The summed E-state index contributed by atoms with van der Waals surface area (Å²) in [6, 6.07) is 7.52. The molecule has 0 aliphatic rings. The average molecular weight is 304 g/mol. The van der Waals surface area contributed by atoms with Crippen LogP contribution in [0, 0.1) is 27.7 Å². The van der Waals surface area contributed by atoms with Crippen LogP contribution in [0.4, 0.5) is 0 Å². The van der Waals surface area contributed by atoms with Gasteiger partial charge in [0.2, 0.25) is 10.0 Å². The van der Waals surface area contributed by atoms with Gasteiger partial charge in [0.05, 0.1) is 17.1 Å². The van der Waals surface area contributed by atoms with Crippen LogP contribution in [-0.2, 0) is 16.6 Å². The van der Waals surface area contributed by atoms with Gasteiger partial charge in [-0.15, -0.1) is 0 Å². The van der Waals surface area contributed by atoms with Crippen LogP contribution in [-0.4, -0.2) is 13.4 Å². The molecule has 2 rings (SSSR count). The fourth-order valence-corrected chi connectivity index (χ4v) is 3.97. The molecule has 0 bridgehead atoms. The Balaban J connectivity index is 2.30. The molecule has 2 aromatic rings. The number of rotatable bonds is 4. The van der Waals surface area contributed by atoms with Gasteiger partial charge in [-0.2, -0.15) is 0 Å². The van der Waals surface area contributed by atoms with E-state index < -0.39 is 10.0 Å². The lowest BCUT2D eigenvalue weighted by Gasteiger charge is -2.13. The Morgan fingerprint density at radius 1 is 1.05 bits per heavy atom. The molecule has 0 aliphatic heterocycles. The number of aromatic nitrogens is 1. The number of aryl methyl sites for hydroxylation is 4. The summed E-state index contributed by atoms with van der Waals surface area (Å²) < 4.78 is 27.7. The van der Waals surface area contributed by atoms with Crippen molar-refractivity contribution in [3.63, 3.8) is 0 Å². The predicted molar refractivity (Wildman–Crippen MR) is 83.7 cm³/mol. The Morgan fingerprint density at radius 3 is 2.24 bits per heavy atom. The van der Waals surface area contributed by atoms with Crippen molar-refractivity contribution < 1.29 is 8.42 Å². The molecule has 0 saturated carbocycles. The summed E-state index contributed by atoms with van der Waals surface area (Å²) in [5.41, 5.74) is 4.29. The summed E-state index contributed by atoms with van der Waals surface area (Å²) in [4.78, 5) is 4.57. The van der Waals surface area contributed by atoms with Gasteiger partial charge < -0.3 is 0 Å². The van der Waals surface area contributed by atoms with Gasteiger partial charge in [-0.25, -0.2) is 13.1 Å². The number of nitrogens with zero attached hydrogens (tertiary/aromatic N) is 1. The van der Waals surface area contributed by atoms with Gasteiger partial charge in [0, 0.05) is 6.20 Å². The van der Waals surface area contributed by atoms with Crippen LogP contribution in [0.5, 0.6) is 0 Å². The molecule has 0 unspecified atom stereocenters. The molecule has 0 amide bonds. The molecular formula is C16H20N2O2S. The maximum Gasteiger partial charge on any atom is 0.241 e. The fraction of sp³-hybridized carbons (Fsp3) is 0.312. The maximum absolute atomic E-state index is 12.5. The molecule has 1 N–H and O–H groups in total. The summed E-state index contributed by atoms with van der Waals surface area (Å²) in [7, 11) is -3.54. The van der Waals surface area contributed by atoms with Crippen LogP contribution in [0.25, 0.3) is 0 Å². The standard InChI is InChI=1S/C16H20N2O2S/c1-11-8-13(3)16(14(4)9-11)21(19,20)18-10-15-12(2)6-5-7-17-15/h5-9,18H,10H2,1-4H3. The molecule has 0 radical (unpaired) electrons. The Hall–Kier alpha value is -1.72. The largest absolute Gasteiger partial charge is 0.260 e. The Morgan fingerprint density at radius 2 is 1.67 bits per heavy atom. The fourth-order valence-electron chi connectivity index (χ4n) is 2.53. The smallest absolute Gasteiger partial charge is 0.241 e. The normalized spacial score (nSPS) is 11.6. The van der Waals surface area contributed by atoms with Crippen LogP contribution < -0.4 is 4.72 Å². The molecule has 0 saturated heterocycles. The van der Waals surface area contributed by atoms with Crippen molar-refractivity contribution in [1.29, 1.82) is 0 Å². The zero-order valence-electron chi connectivity index (χ0n) is 12.8. The second-order valence-corrected chi connectivity index (χ2v) is 7.02. The third-order valence-electron chi connectivity index (χ3n) is 3.42. The number of nitrogens with one attached hydrogen (secondary N) is 1. The van der Waals surface area contributed by atoms with Crippen LogP contribution in [0.2, 0.25) is 0 Å². The van der Waals surface area contributed by atoms with E-state index in [1.165, 1.54) is 0 Å². The van der Waals surface area contributed by atoms with Crippen LogP contribution >= 0.6 is 0 Å². The molecule has 0 fully saturated rings. The van der Waals surface area contributed by atoms with E-state index in [0.717, 1.165) is 27.9 Å². The lowest BCUT2D eigenvalue weighted by Crippen LogP contribution is -2.25. The molecule has 4 nitrogen and oxygen atoms in total. The second kappa shape index (κ2) is 5.95. The molecule has 1 heterocycles. The van der Waals surface area contributed by atoms with Gasteiger partial charge in [-0.1, -0.05) is 23.8 Å². The molecule has 0 aliphatic carbocycles. The first-order chi connectivity index (χ1) is 9.81. The number of hydrogen-bond acceptors (Lipinski definition) is 3. The van der Waals surface area contributed by atoms with E-state index in [9.17, 15) is 8.42 Å². The first-order valence-corrected chi connectivity index (χ1v) is 8.27. The number of hydrogen-bond donors (Lipinski definition) is 1. The maximum atomic E-state index is 12.5. The van der Waals surface area contributed by atoms with E-state index in [1.54, 1.807) is 6.20 Å². The van der Waals surface area contributed by atoms with E-state index in [-0.39, 0.29) is 6.54 Å². The highest BCUT2D eigenvalue weighted by Crippen LogP contribution is 2.21. The lowest BCUT2D eigenvalue weighted by atomic mass is 10.1. The SMILES string of the molecule is Cc1cc(C)c(S(=O)(=O)NCc2ncccc2C)c(C)c1. The third kappa shape index (κ3) is 3.49. The number of pyridine rings is 1. The van der Waals surface area contributed by atoms with Crippen LogP contribution in [0.15, 0.2) is 35.4 Å². The van der Waals surface area contributed by atoms with Crippen molar-refractivity contribution in [2.75, 3.05) is 0 Å². The summed E-state index contributed by atoms with van der Waals surface area (Å²) in [6.45, 7) is 7.71. The molecule has 5 heteroatoms. The predicted octanol–water partition coefficient (Wildman–Crippen LogP) is 2.79. The molecule has 1 aromatic heterocycles. The van der Waals surface area contributed by atoms with E-state index in [2.05, 4.69) is 9.71 Å². The van der Waals surface area contributed by atoms with Crippen molar-refractivity contribution in [2.45, 2.75) is 39.1 Å². The Bertz CT molecular complexity index is 745. The minimum atomic E-state index is -3.54. The highest BCUT2D eigenvalue weighted by molar-refractivity contribution is 7.89. The molecule has 21 heavy (non-hydrogen) atoms. The molecule has 112 valence electrons. The second-order valence-electron chi connectivity index (χ2n) is 5.32. The first-order valence-electron chi connectivity index (χ1n) is 6.79. The van der Waals surface area contributed by atoms with Gasteiger partial charge >= 0.3 is 0 Å². The Labute approximate surface area is 126 Å². The van der Waals surface area contributed by atoms with Gasteiger partial charge in [0.25, 0.3) is 0 Å². The zero-order valence-corrected chi connectivity index (χ0v) is 13.6. The van der Waals surface area contributed by atoms with Crippen LogP contribution in [0.1, 0.15) is 27.9 Å².